The number of benzene rings is 4. The van der Waals surface area contributed by atoms with E-state index < -0.39 is 127 Å². The minimum atomic E-state index is -1.22. The quantitative estimate of drug-likeness (QED) is 0.0249. The van der Waals surface area contributed by atoms with Crippen LogP contribution in [0.25, 0.3) is 22.1 Å². The second-order valence-corrected chi connectivity index (χ2v) is 26.2. The molecule has 2 aromatic heterocycles. The maximum Gasteiger partial charge on any atom is 0.407 e. The number of halogens is 5. The number of nitrogens with one attached hydrogen (secondary N) is 2. The zero-order chi connectivity index (χ0) is 70.5. The number of hydrogen-bond acceptors (Lipinski definition) is 18. The number of rotatable bonds is 24. The molecule has 6 aromatic rings. The van der Waals surface area contributed by atoms with Crippen LogP contribution in [0.3, 0.4) is 0 Å². The lowest BCUT2D eigenvalue weighted by Crippen LogP contribution is -2.54. The van der Waals surface area contributed by atoms with Gasteiger partial charge in [-0.05, 0) is 118 Å². The zero-order valence-corrected chi connectivity index (χ0v) is 56.5. The van der Waals surface area contributed by atoms with E-state index in [0.29, 0.717) is 38.5 Å². The van der Waals surface area contributed by atoms with Crippen LogP contribution >= 0.6 is 0 Å². The summed E-state index contributed by atoms with van der Waals surface area (Å²) in [5.41, 5.74) is 13.6. The van der Waals surface area contributed by atoms with Gasteiger partial charge in [0.05, 0.1) is 66.6 Å². The third kappa shape index (κ3) is 15.0. The molecule has 9 atom stereocenters. The number of imidazole rings is 2. The number of ether oxygens (including phenoxy) is 6. The number of piperidine rings is 1. The second kappa shape index (κ2) is 31.0. The monoisotopic (exact) mass is 1370 g/mol. The number of anilines is 2. The molecule has 0 aliphatic carbocycles. The lowest BCUT2D eigenvalue weighted by atomic mass is 9.89. The molecule has 4 aliphatic heterocycles. The number of nitrogens with two attached hydrogens (primary N) is 2. The lowest BCUT2D eigenvalue weighted by molar-refractivity contribution is -0.151. The fourth-order valence-corrected chi connectivity index (χ4v) is 14.0. The molecule has 0 saturated carbocycles. The minimum Gasteiger partial charge on any atom is -0.453 e. The number of aromatic nitrogens is 4. The molecule has 6 N–H and O–H groups in total. The van der Waals surface area contributed by atoms with E-state index in [1.807, 2.05) is 0 Å². The molecule has 0 radical (unpaired) electrons. The van der Waals surface area contributed by atoms with Gasteiger partial charge in [-0.25, -0.2) is 41.5 Å². The first-order chi connectivity index (χ1) is 46.9. The van der Waals surface area contributed by atoms with Gasteiger partial charge >= 0.3 is 24.1 Å². The summed E-state index contributed by atoms with van der Waals surface area (Å²) in [5.74, 6) is -6.73. The van der Waals surface area contributed by atoms with Crippen molar-refractivity contribution in [3.63, 3.8) is 0 Å². The van der Waals surface area contributed by atoms with Crippen molar-refractivity contribution in [1.82, 2.24) is 39.5 Å². The third-order valence-electron chi connectivity index (χ3n) is 19.6. The van der Waals surface area contributed by atoms with Crippen molar-refractivity contribution in [3.05, 3.63) is 118 Å². The molecule has 4 saturated heterocycles. The molecule has 6 heterocycles. The van der Waals surface area contributed by atoms with Gasteiger partial charge in [0.2, 0.25) is 11.8 Å². The summed E-state index contributed by atoms with van der Waals surface area (Å²) in [6.45, 7) is 8.58. The van der Waals surface area contributed by atoms with Crippen LogP contribution < -0.4 is 31.9 Å². The van der Waals surface area contributed by atoms with Gasteiger partial charge in [0, 0.05) is 82.4 Å². The number of esters is 2. The van der Waals surface area contributed by atoms with Crippen LogP contribution in [-0.2, 0) is 61.1 Å². The van der Waals surface area contributed by atoms with Crippen molar-refractivity contribution < 1.29 is 79.1 Å². The first-order valence-electron chi connectivity index (χ1n) is 33.2. The van der Waals surface area contributed by atoms with Crippen molar-refractivity contribution in [2.45, 2.75) is 166 Å². The SMILES string of the molecule is COCC[C@H](NC(=O)OC)C(=O)N1CCC[C@H]1c1nc2cc([C@H]3CC[C@H](c4cc5c(cc4F)nc([C@@H]4CCCN4C(=O)[C@@H](NC(=O)OC)[C@@H](C)OC)n5COC(=O)[C@@H](N)C(C)C)N3c3cc(F)c(N4CCC(c5ccc(F)cc5)CC4)c(F)c3)c(F)cc2n1COC(=O)[C@@H](N)C(C)C. The fourth-order valence-electron chi connectivity index (χ4n) is 14.0. The molecule has 24 nitrogen and oxygen atoms in total. The number of amides is 4. The van der Waals surface area contributed by atoms with Gasteiger partial charge in [0.25, 0.3) is 0 Å². The molecule has 4 fully saturated rings. The van der Waals surface area contributed by atoms with Crippen LogP contribution in [0.5, 0.6) is 0 Å². The van der Waals surface area contributed by atoms with Crippen molar-refractivity contribution in [1.29, 1.82) is 0 Å². The largest absolute Gasteiger partial charge is 0.453 e. The zero-order valence-electron chi connectivity index (χ0n) is 56.5. The Morgan fingerprint density at radius 3 is 1.60 bits per heavy atom. The van der Waals surface area contributed by atoms with E-state index in [4.69, 9.17) is 49.9 Å². The topological polar surface area (TPSA) is 282 Å². The Morgan fingerprint density at radius 1 is 0.582 bits per heavy atom. The van der Waals surface area contributed by atoms with Crippen molar-refractivity contribution in [3.8, 4) is 0 Å². The van der Waals surface area contributed by atoms with E-state index in [1.165, 1.54) is 76.7 Å². The Balaban J connectivity index is 1.10. The summed E-state index contributed by atoms with van der Waals surface area (Å²) in [5, 5.41) is 5.16. The van der Waals surface area contributed by atoms with Gasteiger partial charge in [-0.2, -0.15) is 0 Å². The number of alkyl carbamates (subject to hydrolysis) is 2. The maximum absolute atomic E-state index is 17.9. The minimum absolute atomic E-state index is 0.000853. The van der Waals surface area contributed by atoms with Gasteiger partial charge in [-0.15, -0.1) is 0 Å². The van der Waals surface area contributed by atoms with Gasteiger partial charge in [-0.3, -0.25) is 28.3 Å². The predicted octanol–water partition coefficient (Wildman–Crippen LogP) is 9.36. The molecule has 29 heteroatoms. The summed E-state index contributed by atoms with van der Waals surface area (Å²) in [6, 6.07) is 5.51. The smallest absolute Gasteiger partial charge is 0.407 e. The molecule has 4 aliphatic rings. The van der Waals surface area contributed by atoms with E-state index in [2.05, 4.69) is 10.6 Å². The van der Waals surface area contributed by atoms with Crippen LogP contribution in [0.2, 0.25) is 0 Å². The van der Waals surface area contributed by atoms with Crippen molar-refractivity contribution in [2.24, 2.45) is 23.3 Å². The number of fused-ring (bicyclic) bond motifs is 2. The highest BCUT2D eigenvalue weighted by Gasteiger charge is 2.44. The molecule has 530 valence electrons. The fraction of sp³-hybridized carbons (Fsp3) is 0.536. The highest BCUT2D eigenvalue weighted by Crippen LogP contribution is 2.51. The van der Waals surface area contributed by atoms with Crippen LogP contribution in [0, 0.1) is 40.9 Å². The number of carbonyl (C=O) groups is 6. The molecule has 98 heavy (non-hydrogen) atoms. The molecule has 10 rings (SSSR count). The maximum atomic E-state index is 17.9. The van der Waals surface area contributed by atoms with E-state index in [1.54, 1.807) is 56.6 Å². The summed E-state index contributed by atoms with van der Waals surface area (Å²) in [4.78, 5) is 97.6. The predicted molar refractivity (Wildman–Crippen MR) is 350 cm³/mol. The van der Waals surface area contributed by atoms with Crippen LogP contribution in [0.1, 0.15) is 151 Å². The highest BCUT2D eigenvalue weighted by molar-refractivity contribution is 5.88. The second-order valence-electron chi connectivity index (χ2n) is 26.2. The molecular weight excluding hydrogens is 1280 g/mol. The molecule has 4 amide bonds. The van der Waals surface area contributed by atoms with Gasteiger partial charge in [-0.1, -0.05) is 39.8 Å². The molecule has 0 unspecified atom stereocenters. The number of nitrogens with zero attached hydrogens (tertiary/aromatic N) is 8. The van der Waals surface area contributed by atoms with Crippen LogP contribution in [0.4, 0.5) is 42.9 Å². The van der Waals surface area contributed by atoms with Crippen molar-refractivity contribution in [2.75, 3.05) is 71.0 Å². The normalized spacial score (nSPS) is 19.9. The first-order valence-corrected chi connectivity index (χ1v) is 33.2. The Hall–Kier alpha value is -8.67. The average Bonchev–Trinajstić information content (AvgIpc) is 1.56. The van der Waals surface area contributed by atoms with E-state index in [9.17, 15) is 33.2 Å². The Labute approximate surface area is 564 Å². The average molecular weight is 1370 g/mol. The van der Waals surface area contributed by atoms with Crippen molar-refractivity contribution >= 4 is 69.4 Å². The molecule has 0 spiro atoms. The summed E-state index contributed by atoms with van der Waals surface area (Å²) >= 11 is 0. The summed E-state index contributed by atoms with van der Waals surface area (Å²) < 4.78 is 120. The lowest BCUT2D eigenvalue weighted by Gasteiger charge is -2.36. The third-order valence-corrected chi connectivity index (χ3v) is 19.6. The van der Waals surface area contributed by atoms with Gasteiger partial charge in [0.15, 0.2) is 25.1 Å². The highest BCUT2D eigenvalue weighted by atomic mass is 19.1. The van der Waals surface area contributed by atoms with Gasteiger partial charge in [0.1, 0.15) is 59.0 Å². The molecule has 4 aromatic carbocycles. The number of carbonyl (C=O) groups excluding carboxylic acids is 6. The molecule has 0 bridgehead atoms. The summed E-state index contributed by atoms with van der Waals surface area (Å²) in [6.07, 6.45) is 0.272. The van der Waals surface area contributed by atoms with E-state index >= 15 is 17.6 Å². The number of hydrogen-bond donors (Lipinski definition) is 4. The molecular formula is C69H87F5N12O12. The van der Waals surface area contributed by atoms with Crippen LogP contribution in [0.15, 0.2) is 60.7 Å². The first kappa shape index (κ1) is 72.1. The Morgan fingerprint density at radius 2 is 1.08 bits per heavy atom. The standard InChI is InChI=1S/C69H87F5N12O12/c1-36(2)58(75)66(89)97-34-84-56-31-44(45(71)32-51(56)78-63(84)55-13-11-24-83(55)65(88)60(38(5)94-7)80-69(92)96-9)53-19-18-52(86(53)42-28-47(73)61(48(74)29-42)81-25-20-40(21-26-81)39-14-16-41(70)17-15-39)43-30-50-57(33-46(43)72)85(35-98-67(90)59(76)37(3)4)62(77-50)54-12-10-23-82(54)64(87)49(22-27-93-6)79-68(91)95-8/h14-17,28-33,36-38,40,49,52-55,58-60H,10-13,18-27,34-35,75-76H2,1-9H3,(H,79,91)(H,80,92)/t38-,49+,52-,53-,54+,55+,58+,59+,60+/m1/s1. The Bertz CT molecular complexity index is 3880. The summed E-state index contributed by atoms with van der Waals surface area (Å²) in [7, 11) is 5.16. The van der Waals surface area contributed by atoms with Gasteiger partial charge < -0.3 is 70.1 Å². The van der Waals surface area contributed by atoms with Crippen LogP contribution in [-0.4, -0.2) is 156 Å². The number of likely N-dealkylation sites (tertiary alicyclic amines) is 2. The number of methoxy groups -OCH3 is 4. The Kier molecular flexibility index (Phi) is 22.8. The van der Waals surface area contributed by atoms with E-state index in [-0.39, 0.29) is 132 Å². The van der Waals surface area contributed by atoms with E-state index in [0.717, 1.165) is 24.8 Å².